The second-order valence-corrected chi connectivity index (χ2v) is 9.23. The molecule has 0 bridgehead atoms. The van der Waals surface area contributed by atoms with Crippen LogP contribution in [0.15, 0.2) is 46.4 Å². The molecule has 2 aromatic carbocycles. The monoisotopic (exact) mass is 492 g/mol. The average Bonchev–Trinajstić information content (AvgIpc) is 2.82. The number of nitrogens with one attached hydrogen (secondary N) is 1. The number of hydrazone groups is 1. The van der Waals surface area contributed by atoms with Gasteiger partial charge in [-0.1, -0.05) is 27.7 Å². The van der Waals surface area contributed by atoms with Crippen molar-refractivity contribution in [1.82, 2.24) is 4.31 Å². The Hall–Kier alpha value is -3.18. The maximum atomic E-state index is 12.7. The first-order chi connectivity index (χ1) is 16.3. The Morgan fingerprint density at radius 1 is 1.03 bits per heavy atom. The van der Waals surface area contributed by atoms with Gasteiger partial charge in [0.2, 0.25) is 10.0 Å². The zero-order chi connectivity index (χ0) is 25.1. The van der Waals surface area contributed by atoms with Crippen molar-refractivity contribution in [2.45, 2.75) is 45.4 Å². The number of anilines is 1. The lowest BCUT2D eigenvalue weighted by Gasteiger charge is -2.18. The molecule has 0 aliphatic carbocycles. The van der Waals surface area contributed by atoms with Crippen molar-refractivity contribution in [3.8, 4) is 11.5 Å². The largest absolute Gasteiger partial charge is 0.493 e. The summed E-state index contributed by atoms with van der Waals surface area (Å²) in [7, 11) is -3.83. The molecule has 0 aliphatic heterocycles. The standard InChI is InChI=1S/C23H32N4O6S/c1-5-13-32-19-10-9-18(23(15-19)33-14-6-2)17-24-25-21-12-11-20(16-22(21)27(28)29)34(30,31)26(7-3)8-4/h9-12,15-17,25H,5-8,13-14H2,1-4H3/b24-17-. The molecule has 0 unspecified atom stereocenters. The lowest BCUT2D eigenvalue weighted by atomic mass is 10.2. The van der Waals surface area contributed by atoms with Gasteiger partial charge in [0.05, 0.1) is 29.2 Å². The van der Waals surface area contributed by atoms with Crippen molar-refractivity contribution in [3.05, 3.63) is 52.1 Å². The zero-order valence-corrected chi connectivity index (χ0v) is 20.8. The van der Waals surface area contributed by atoms with E-state index in [0.29, 0.717) is 30.3 Å². The minimum Gasteiger partial charge on any atom is -0.493 e. The molecule has 2 rings (SSSR count). The Kier molecular flexibility index (Phi) is 10.3. The van der Waals surface area contributed by atoms with Gasteiger partial charge in [-0.3, -0.25) is 15.5 Å². The molecule has 0 aromatic heterocycles. The number of hydrogen-bond acceptors (Lipinski definition) is 8. The van der Waals surface area contributed by atoms with Crippen LogP contribution in [0.25, 0.3) is 0 Å². The summed E-state index contributed by atoms with van der Waals surface area (Å²) in [6.45, 7) is 9.07. The van der Waals surface area contributed by atoms with Crippen molar-refractivity contribution in [1.29, 1.82) is 0 Å². The van der Waals surface area contributed by atoms with Gasteiger partial charge in [-0.15, -0.1) is 0 Å². The first-order valence-corrected chi connectivity index (χ1v) is 12.7. The van der Waals surface area contributed by atoms with E-state index in [1.54, 1.807) is 32.0 Å². The van der Waals surface area contributed by atoms with Crippen LogP contribution in [0.2, 0.25) is 0 Å². The van der Waals surface area contributed by atoms with Crippen molar-refractivity contribution >= 4 is 27.6 Å². The zero-order valence-electron chi connectivity index (χ0n) is 20.0. The van der Waals surface area contributed by atoms with Crippen LogP contribution in [0.3, 0.4) is 0 Å². The van der Waals surface area contributed by atoms with Gasteiger partial charge >= 0.3 is 0 Å². The summed E-state index contributed by atoms with van der Waals surface area (Å²) in [6, 6.07) is 9.07. The number of nitro benzene ring substituents is 1. The maximum absolute atomic E-state index is 12.7. The fourth-order valence-corrected chi connectivity index (χ4v) is 4.55. The van der Waals surface area contributed by atoms with Crippen LogP contribution >= 0.6 is 0 Å². The molecule has 34 heavy (non-hydrogen) atoms. The normalized spacial score (nSPS) is 11.7. The minimum absolute atomic E-state index is 0.0682. The first kappa shape index (κ1) is 27.1. The van der Waals surface area contributed by atoms with Crippen LogP contribution < -0.4 is 14.9 Å². The van der Waals surface area contributed by atoms with E-state index in [-0.39, 0.29) is 23.7 Å². The van der Waals surface area contributed by atoms with E-state index in [0.717, 1.165) is 18.9 Å². The predicted octanol–water partition coefficient (Wildman–Crippen LogP) is 4.65. The Bertz CT molecular complexity index is 1100. The third-order valence-corrected chi connectivity index (χ3v) is 6.86. The summed E-state index contributed by atoms with van der Waals surface area (Å²) in [5, 5.41) is 15.7. The van der Waals surface area contributed by atoms with Crippen molar-refractivity contribution in [2.24, 2.45) is 5.10 Å². The highest BCUT2D eigenvalue weighted by molar-refractivity contribution is 7.89. The van der Waals surface area contributed by atoms with E-state index < -0.39 is 20.6 Å². The van der Waals surface area contributed by atoms with E-state index in [9.17, 15) is 18.5 Å². The summed E-state index contributed by atoms with van der Waals surface area (Å²) in [6.07, 6.45) is 3.19. The topological polar surface area (TPSA) is 123 Å². The highest BCUT2D eigenvalue weighted by Crippen LogP contribution is 2.29. The maximum Gasteiger partial charge on any atom is 0.295 e. The number of rotatable bonds is 14. The third-order valence-electron chi connectivity index (χ3n) is 4.82. The highest BCUT2D eigenvalue weighted by Gasteiger charge is 2.25. The molecule has 2 aromatic rings. The van der Waals surface area contributed by atoms with Crippen molar-refractivity contribution in [3.63, 3.8) is 0 Å². The number of ether oxygens (including phenoxy) is 2. The summed E-state index contributed by atoms with van der Waals surface area (Å²) in [5.74, 6) is 1.26. The molecule has 0 heterocycles. The molecule has 0 saturated heterocycles. The predicted molar refractivity (Wildman–Crippen MR) is 132 cm³/mol. The smallest absolute Gasteiger partial charge is 0.295 e. The Morgan fingerprint density at radius 2 is 1.71 bits per heavy atom. The van der Waals surface area contributed by atoms with Gasteiger partial charge in [-0.2, -0.15) is 9.41 Å². The average molecular weight is 493 g/mol. The summed E-state index contributed by atoms with van der Waals surface area (Å²) < 4.78 is 38.1. The van der Waals surface area contributed by atoms with Crippen LogP contribution in [-0.4, -0.2) is 50.2 Å². The van der Waals surface area contributed by atoms with E-state index in [1.165, 1.54) is 22.7 Å². The molecule has 0 aliphatic rings. The Balaban J connectivity index is 2.30. The lowest BCUT2D eigenvalue weighted by molar-refractivity contribution is -0.384. The van der Waals surface area contributed by atoms with Gasteiger partial charge in [0.25, 0.3) is 5.69 Å². The molecule has 186 valence electrons. The molecule has 0 saturated carbocycles. The van der Waals surface area contributed by atoms with E-state index >= 15 is 0 Å². The second kappa shape index (κ2) is 12.9. The Morgan fingerprint density at radius 3 is 2.32 bits per heavy atom. The summed E-state index contributed by atoms with van der Waals surface area (Å²) in [4.78, 5) is 10.8. The highest BCUT2D eigenvalue weighted by atomic mass is 32.2. The molecule has 10 nitrogen and oxygen atoms in total. The first-order valence-electron chi connectivity index (χ1n) is 11.3. The molecule has 0 amide bonds. The van der Waals surface area contributed by atoms with Gasteiger partial charge < -0.3 is 9.47 Å². The fraction of sp³-hybridized carbons (Fsp3) is 0.435. The van der Waals surface area contributed by atoms with Crippen molar-refractivity contribution in [2.75, 3.05) is 31.7 Å². The minimum atomic E-state index is -3.83. The number of hydrogen-bond donors (Lipinski definition) is 1. The van der Waals surface area contributed by atoms with Gasteiger partial charge in [-0.05, 0) is 37.1 Å². The molecule has 0 spiro atoms. The molecular weight excluding hydrogens is 460 g/mol. The van der Waals surface area contributed by atoms with Gasteiger partial charge in [0, 0.05) is 30.8 Å². The van der Waals surface area contributed by atoms with Crippen molar-refractivity contribution < 1.29 is 22.8 Å². The quantitative estimate of drug-likeness (QED) is 0.231. The number of nitro groups is 1. The molecule has 0 radical (unpaired) electrons. The fourth-order valence-electron chi connectivity index (χ4n) is 3.07. The number of benzene rings is 2. The molecule has 0 fully saturated rings. The van der Waals surface area contributed by atoms with Crippen LogP contribution in [0.4, 0.5) is 11.4 Å². The third kappa shape index (κ3) is 6.91. The summed E-state index contributed by atoms with van der Waals surface area (Å²) >= 11 is 0. The van der Waals surface area contributed by atoms with Crippen LogP contribution in [0, 0.1) is 10.1 Å². The lowest BCUT2D eigenvalue weighted by Crippen LogP contribution is -2.30. The van der Waals surface area contributed by atoms with E-state index in [4.69, 9.17) is 9.47 Å². The van der Waals surface area contributed by atoms with Gasteiger partial charge in [0.15, 0.2) is 0 Å². The SMILES string of the molecule is CCCOc1ccc(/C=N\Nc2ccc(S(=O)(=O)N(CC)CC)cc2[N+](=O)[O-])c(OCCC)c1. The number of sulfonamides is 1. The number of nitrogens with zero attached hydrogens (tertiary/aromatic N) is 3. The van der Waals surface area contributed by atoms with Gasteiger partial charge in [0.1, 0.15) is 17.2 Å². The molecule has 0 atom stereocenters. The van der Waals surface area contributed by atoms with Crippen LogP contribution in [0.1, 0.15) is 46.1 Å². The Labute approximate surface area is 200 Å². The second-order valence-electron chi connectivity index (χ2n) is 7.29. The molecular formula is C23H32N4O6S. The van der Waals surface area contributed by atoms with Crippen LogP contribution in [-0.2, 0) is 10.0 Å². The molecule has 11 heteroatoms. The molecule has 1 N–H and O–H groups in total. The van der Waals surface area contributed by atoms with E-state index in [1.807, 2.05) is 13.8 Å². The van der Waals surface area contributed by atoms with Gasteiger partial charge in [-0.25, -0.2) is 8.42 Å². The van der Waals surface area contributed by atoms with Crippen LogP contribution in [0.5, 0.6) is 11.5 Å². The van der Waals surface area contributed by atoms with E-state index in [2.05, 4.69) is 10.5 Å². The summed E-state index contributed by atoms with van der Waals surface area (Å²) in [5.41, 5.74) is 2.98.